The quantitative estimate of drug-likeness (QED) is 0.580. The number of aliphatic hydroxyl groups is 1. The van der Waals surface area contributed by atoms with Gasteiger partial charge in [-0.2, -0.15) is 0 Å². The maximum Gasteiger partial charge on any atom is 0.123 e. The molecule has 0 aliphatic heterocycles. The second-order valence-electron chi connectivity index (χ2n) is 2.78. The van der Waals surface area contributed by atoms with Crippen LogP contribution >= 0.6 is 0 Å². The van der Waals surface area contributed by atoms with Gasteiger partial charge < -0.3 is 16.6 Å². The van der Waals surface area contributed by atoms with E-state index in [0.717, 1.165) is 5.56 Å². The molecule has 0 aromatic carbocycles. The Hall–Kier alpha value is -1.13. The Balaban J connectivity index is 2.88. The SMILES string of the molecule is CC(O)C(N)c1ccnc(N)c1. The van der Waals surface area contributed by atoms with Crippen LogP contribution in [0.15, 0.2) is 18.3 Å². The number of anilines is 1. The van der Waals surface area contributed by atoms with E-state index >= 15 is 0 Å². The van der Waals surface area contributed by atoms with E-state index in [-0.39, 0.29) is 0 Å². The average Bonchev–Trinajstić information content (AvgIpc) is 2.03. The number of nitrogens with zero attached hydrogens (tertiary/aromatic N) is 1. The summed E-state index contributed by atoms with van der Waals surface area (Å²) in [6.45, 7) is 1.64. The normalized spacial score (nSPS) is 15.6. The van der Waals surface area contributed by atoms with Crippen LogP contribution in [0.2, 0.25) is 0 Å². The maximum absolute atomic E-state index is 9.18. The zero-order chi connectivity index (χ0) is 9.14. The summed E-state index contributed by atoms with van der Waals surface area (Å²) in [5, 5.41) is 9.18. The first-order valence-electron chi connectivity index (χ1n) is 3.76. The lowest BCUT2D eigenvalue weighted by molar-refractivity contribution is 0.164. The molecule has 5 N–H and O–H groups in total. The lowest BCUT2D eigenvalue weighted by atomic mass is 10.1. The molecule has 0 amide bonds. The Morgan fingerprint density at radius 2 is 2.25 bits per heavy atom. The summed E-state index contributed by atoms with van der Waals surface area (Å²) in [7, 11) is 0. The molecule has 0 saturated heterocycles. The molecule has 1 aromatic rings. The van der Waals surface area contributed by atoms with Crippen LogP contribution in [-0.2, 0) is 0 Å². The van der Waals surface area contributed by atoms with E-state index in [9.17, 15) is 5.11 Å². The van der Waals surface area contributed by atoms with Crippen molar-refractivity contribution in [3.8, 4) is 0 Å². The van der Waals surface area contributed by atoms with Gasteiger partial charge in [-0.25, -0.2) is 4.98 Å². The standard InChI is InChI=1S/C8H13N3O/c1-5(12)8(10)6-2-3-11-7(9)4-6/h2-5,8,12H,10H2,1H3,(H2,9,11). The van der Waals surface area contributed by atoms with Crippen molar-refractivity contribution in [1.82, 2.24) is 4.98 Å². The molecule has 66 valence electrons. The van der Waals surface area contributed by atoms with Crippen LogP contribution in [0.4, 0.5) is 5.82 Å². The second-order valence-corrected chi connectivity index (χ2v) is 2.78. The number of hydrogen-bond acceptors (Lipinski definition) is 4. The Morgan fingerprint density at radius 3 is 2.75 bits per heavy atom. The molecule has 1 rings (SSSR count). The van der Waals surface area contributed by atoms with Crippen LogP contribution in [0.25, 0.3) is 0 Å². The Labute approximate surface area is 71.2 Å². The average molecular weight is 167 g/mol. The summed E-state index contributed by atoms with van der Waals surface area (Å²) < 4.78 is 0. The van der Waals surface area contributed by atoms with Crippen molar-refractivity contribution in [3.05, 3.63) is 23.9 Å². The second kappa shape index (κ2) is 3.51. The molecule has 0 spiro atoms. The molecule has 4 heteroatoms. The van der Waals surface area contributed by atoms with Gasteiger partial charge in [-0.3, -0.25) is 0 Å². The predicted molar refractivity (Wildman–Crippen MR) is 47.3 cm³/mol. The van der Waals surface area contributed by atoms with Crippen LogP contribution in [0.5, 0.6) is 0 Å². The van der Waals surface area contributed by atoms with Crippen molar-refractivity contribution >= 4 is 5.82 Å². The fourth-order valence-electron chi connectivity index (χ4n) is 0.951. The van der Waals surface area contributed by atoms with Gasteiger partial charge in [0, 0.05) is 6.20 Å². The minimum absolute atomic E-state index is 0.393. The third-order valence-electron chi connectivity index (χ3n) is 1.71. The fraction of sp³-hybridized carbons (Fsp3) is 0.375. The molecular weight excluding hydrogens is 154 g/mol. The third kappa shape index (κ3) is 1.93. The maximum atomic E-state index is 9.18. The molecule has 0 aliphatic carbocycles. The van der Waals surface area contributed by atoms with Gasteiger partial charge in [0.2, 0.25) is 0 Å². The number of rotatable bonds is 2. The van der Waals surface area contributed by atoms with Crippen molar-refractivity contribution in [2.75, 3.05) is 5.73 Å². The van der Waals surface area contributed by atoms with Crippen molar-refractivity contribution < 1.29 is 5.11 Å². The number of hydrogen-bond donors (Lipinski definition) is 3. The summed E-state index contributed by atoms with van der Waals surface area (Å²) in [4.78, 5) is 3.82. The van der Waals surface area contributed by atoms with Crippen molar-refractivity contribution in [2.24, 2.45) is 5.73 Å². The molecule has 1 aromatic heterocycles. The molecule has 0 aliphatic rings. The highest BCUT2D eigenvalue weighted by Gasteiger charge is 2.11. The summed E-state index contributed by atoms with van der Waals surface area (Å²) in [6, 6.07) is 3.01. The summed E-state index contributed by atoms with van der Waals surface area (Å²) in [5.41, 5.74) is 11.9. The fourth-order valence-corrected chi connectivity index (χ4v) is 0.951. The minimum Gasteiger partial charge on any atom is -0.391 e. The van der Waals surface area contributed by atoms with Crippen molar-refractivity contribution in [3.63, 3.8) is 0 Å². The Bertz CT molecular complexity index is 262. The van der Waals surface area contributed by atoms with Crippen molar-refractivity contribution in [2.45, 2.75) is 19.1 Å². The van der Waals surface area contributed by atoms with E-state index in [0.29, 0.717) is 5.82 Å². The zero-order valence-electron chi connectivity index (χ0n) is 6.94. The third-order valence-corrected chi connectivity index (χ3v) is 1.71. The van der Waals surface area contributed by atoms with Gasteiger partial charge in [-0.15, -0.1) is 0 Å². The monoisotopic (exact) mass is 167 g/mol. The van der Waals surface area contributed by atoms with Crippen molar-refractivity contribution in [1.29, 1.82) is 0 Å². The van der Waals surface area contributed by atoms with E-state index in [2.05, 4.69) is 4.98 Å². The van der Waals surface area contributed by atoms with Gasteiger partial charge >= 0.3 is 0 Å². The molecule has 0 radical (unpaired) electrons. The molecule has 0 saturated carbocycles. The molecule has 0 fully saturated rings. The van der Waals surface area contributed by atoms with Crippen LogP contribution in [0.3, 0.4) is 0 Å². The number of nitrogen functional groups attached to an aromatic ring is 1. The zero-order valence-corrected chi connectivity index (χ0v) is 6.94. The number of pyridine rings is 1. The molecule has 1 heterocycles. The van der Waals surface area contributed by atoms with Crippen LogP contribution in [-0.4, -0.2) is 16.2 Å². The lowest BCUT2D eigenvalue weighted by Gasteiger charge is -2.14. The largest absolute Gasteiger partial charge is 0.391 e. The highest BCUT2D eigenvalue weighted by atomic mass is 16.3. The van der Waals surface area contributed by atoms with Gasteiger partial charge in [0.25, 0.3) is 0 Å². The Morgan fingerprint density at radius 1 is 1.58 bits per heavy atom. The van der Waals surface area contributed by atoms with Gasteiger partial charge in [0.1, 0.15) is 5.82 Å². The highest BCUT2D eigenvalue weighted by molar-refractivity contribution is 5.33. The van der Waals surface area contributed by atoms with Gasteiger partial charge in [-0.1, -0.05) is 0 Å². The molecule has 4 nitrogen and oxygen atoms in total. The number of aromatic nitrogens is 1. The lowest BCUT2D eigenvalue weighted by Crippen LogP contribution is -2.23. The molecule has 2 unspecified atom stereocenters. The van der Waals surface area contributed by atoms with Gasteiger partial charge in [-0.05, 0) is 24.6 Å². The predicted octanol–water partition coefficient (Wildman–Crippen LogP) is 0.0444. The van der Waals surface area contributed by atoms with Crippen LogP contribution in [0, 0.1) is 0 Å². The molecule has 2 atom stereocenters. The van der Waals surface area contributed by atoms with Crippen LogP contribution < -0.4 is 11.5 Å². The first-order chi connectivity index (χ1) is 5.61. The summed E-state index contributed by atoms with van der Waals surface area (Å²) >= 11 is 0. The van der Waals surface area contributed by atoms with E-state index in [1.54, 1.807) is 25.3 Å². The van der Waals surface area contributed by atoms with Gasteiger partial charge in [0.05, 0.1) is 12.1 Å². The minimum atomic E-state index is -0.577. The van der Waals surface area contributed by atoms with Crippen LogP contribution in [0.1, 0.15) is 18.5 Å². The number of aliphatic hydroxyl groups excluding tert-OH is 1. The topological polar surface area (TPSA) is 85.2 Å². The first kappa shape index (κ1) is 8.96. The molecular formula is C8H13N3O. The molecule has 0 bridgehead atoms. The highest BCUT2D eigenvalue weighted by Crippen LogP contribution is 2.14. The van der Waals surface area contributed by atoms with Gasteiger partial charge in [0.15, 0.2) is 0 Å². The number of nitrogens with two attached hydrogens (primary N) is 2. The van der Waals surface area contributed by atoms with E-state index in [1.807, 2.05) is 0 Å². The van der Waals surface area contributed by atoms with E-state index in [4.69, 9.17) is 11.5 Å². The Kier molecular flexibility index (Phi) is 2.62. The summed E-state index contributed by atoms with van der Waals surface area (Å²) in [5.74, 6) is 0.420. The first-order valence-corrected chi connectivity index (χ1v) is 3.76. The molecule has 12 heavy (non-hydrogen) atoms. The van der Waals surface area contributed by atoms with E-state index in [1.165, 1.54) is 0 Å². The van der Waals surface area contributed by atoms with E-state index < -0.39 is 12.1 Å². The summed E-state index contributed by atoms with van der Waals surface area (Å²) in [6.07, 6.45) is 0.999. The smallest absolute Gasteiger partial charge is 0.123 e.